The first-order chi connectivity index (χ1) is 15.1. The van der Waals surface area contributed by atoms with E-state index in [0.29, 0.717) is 29.2 Å². The summed E-state index contributed by atoms with van der Waals surface area (Å²) in [4.78, 5) is 24.0. The van der Waals surface area contributed by atoms with Gasteiger partial charge in [0.2, 0.25) is 5.91 Å². The van der Waals surface area contributed by atoms with Crippen molar-refractivity contribution in [3.63, 3.8) is 0 Å². The molecule has 2 aromatic heterocycles. The van der Waals surface area contributed by atoms with Gasteiger partial charge in [-0.2, -0.15) is 0 Å². The number of pyridine rings is 1. The van der Waals surface area contributed by atoms with Crippen molar-refractivity contribution in [2.24, 2.45) is 0 Å². The summed E-state index contributed by atoms with van der Waals surface area (Å²) in [7, 11) is 0. The number of carbonyl (C=O) groups excluding carboxylic acids is 1. The minimum atomic E-state index is -0.362. The topological polar surface area (TPSA) is 46.1 Å². The molecule has 2 aliphatic rings. The Balaban J connectivity index is 1.36. The molecule has 4 aromatic rings. The lowest BCUT2D eigenvalue weighted by Crippen LogP contribution is -2.23. The molecule has 2 fully saturated rings. The van der Waals surface area contributed by atoms with Gasteiger partial charge in [-0.05, 0) is 55.2 Å². The van der Waals surface area contributed by atoms with Crippen molar-refractivity contribution in [1.82, 2.24) is 9.97 Å². The number of amides is 1. The number of fused-ring (bicyclic) bond motifs is 1. The number of aromatic nitrogens is 2. The van der Waals surface area contributed by atoms with Crippen LogP contribution in [0.2, 0.25) is 0 Å². The van der Waals surface area contributed by atoms with Crippen LogP contribution in [0, 0.1) is 5.82 Å². The van der Waals surface area contributed by atoms with Crippen LogP contribution >= 0.6 is 11.3 Å². The van der Waals surface area contributed by atoms with Gasteiger partial charge in [0, 0.05) is 29.6 Å². The third kappa shape index (κ3) is 3.05. The molecule has 0 radical (unpaired) electrons. The molecular weight excluding hydrogens is 409 g/mol. The zero-order chi connectivity index (χ0) is 21.0. The third-order valence-corrected chi connectivity index (χ3v) is 7.39. The number of hydrogen-bond donors (Lipinski definition) is 0. The number of rotatable bonds is 4. The predicted octanol–water partition coefficient (Wildman–Crippen LogP) is 5.70. The van der Waals surface area contributed by atoms with Gasteiger partial charge < -0.3 is 4.90 Å². The highest BCUT2D eigenvalue weighted by Crippen LogP contribution is 2.53. The van der Waals surface area contributed by atoms with E-state index in [4.69, 9.17) is 4.98 Å². The Morgan fingerprint density at radius 2 is 1.84 bits per heavy atom. The van der Waals surface area contributed by atoms with E-state index in [-0.39, 0.29) is 17.1 Å². The largest absolute Gasteiger partial charge is 0.312 e. The fourth-order valence-corrected chi connectivity index (χ4v) is 5.51. The van der Waals surface area contributed by atoms with Crippen molar-refractivity contribution in [1.29, 1.82) is 0 Å². The van der Waals surface area contributed by atoms with Gasteiger partial charge in [-0.25, -0.2) is 14.4 Å². The van der Waals surface area contributed by atoms with Crippen LogP contribution in [0.25, 0.3) is 20.9 Å². The van der Waals surface area contributed by atoms with Gasteiger partial charge in [-0.15, -0.1) is 0 Å². The van der Waals surface area contributed by atoms with E-state index in [0.717, 1.165) is 35.3 Å². The van der Waals surface area contributed by atoms with Crippen molar-refractivity contribution in [3.8, 4) is 10.6 Å². The van der Waals surface area contributed by atoms with Crippen LogP contribution in [0.15, 0.2) is 60.7 Å². The molecular formula is C25H20FN3OS. The molecule has 0 atom stereocenters. The maximum absolute atomic E-state index is 15.0. The minimum Gasteiger partial charge on any atom is -0.312 e. The van der Waals surface area contributed by atoms with E-state index in [1.807, 2.05) is 12.1 Å². The molecule has 6 heteroatoms. The molecule has 6 rings (SSSR count). The van der Waals surface area contributed by atoms with Crippen molar-refractivity contribution < 1.29 is 9.18 Å². The molecule has 2 aromatic carbocycles. The molecule has 1 aliphatic heterocycles. The van der Waals surface area contributed by atoms with Gasteiger partial charge >= 0.3 is 0 Å². The summed E-state index contributed by atoms with van der Waals surface area (Å²) in [6, 6.07) is 19.5. The van der Waals surface area contributed by atoms with E-state index in [1.54, 1.807) is 17.0 Å². The van der Waals surface area contributed by atoms with Gasteiger partial charge in [-0.1, -0.05) is 41.7 Å². The molecule has 1 saturated heterocycles. The molecule has 0 bridgehead atoms. The molecule has 0 N–H and O–H groups in total. The number of benzene rings is 2. The number of thiazole rings is 1. The van der Waals surface area contributed by atoms with Crippen LogP contribution < -0.4 is 4.90 Å². The number of carbonyl (C=O) groups is 1. The second-order valence-electron chi connectivity index (χ2n) is 8.30. The number of anilines is 1. The van der Waals surface area contributed by atoms with Crippen molar-refractivity contribution in [2.75, 3.05) is 11.4 Å². The zero-order valence-electron chi connectivity index (χ0n) is 16.8. The van der Waals surface area contributed by atoms with Gasteiger partial charge in [0.25, 0.3) is 0 Å². The molecule has 0 spiro atoms. The monoisotopic (exact) mass is 429 g/mol. The summed E-state index contributed by atoms with van der Waals surface area (Å²) in [6.07, 6.45) is 3.53. The van der Waals surface area contributed by atoms with Crippen LogP contribution in [-0.2, 0) is 10.2 Å². The quantitative estimate of drug-likeness (QED) is 0.418. The Kier molecular flexibility index (Phi) is 4.18. The minimum absolute atomic E-state index is 0.00519. The Morgan fingerprint density at radius 3 is 2.55 bits per heavy atom. The van der Waals surface area contributed by atoms with Crippen LogP contribution in [0.4, 0.5) is 10.1 Å². The lowest BCUT2D eigenvalue weighted by atomic mass is 9.92. The second-order valence-corrected chi connectivity index (χ2v) is 9.28. The average Bonchev–Trinajstić information content (AvgIpc) is 3.32. The lowest BCUT2D eigenvalue weighted by Gasteiger charge is -2.16. The van der Waals surface area contributed by atoms with E-state index in [2.05, 4.69) is 35.3 Å². The highest BCUT2D eigenvalue weighted by molar-refractivity contribution is 7.21. The maximum atomic E-state index is 15.0. The third-order valence-electron chi connectivity index (χ3n) is 6.39. The highest BCUT2D eigenvalue weighted by atomic mass is 32.1. The van der Waals surface area contributed by atoms with Gasteiger partial charge in [0.05, 0.1) is 5.69 Å². The van der Waals surface area contributed by atoms with Crippen LogP contribution in [0.5, 0.6) is 0 Å². The molecule has 4 nitrogen and oxygen atoms in total. The molecule has 1 saturated carbocycles. The second kappa shape index (κ2) is 6.95. The number of halogens is 1. The first kappa shape index (κ1) is 18.6. The maximum Gasteiger partial charge on any atom is 0.227 e. The highest BCUT2D eigenvalue weighted by Gasteiger charge is 2.47. The summed E-state index contributed by atoms with van der Waals surface area (Å²) < 4.78 is 15.0. The Morgan fingerprint density at radius 1 is 1.00 bits per heavy atom. The van der Waals surface area contributed by atoms with Crippen LogP contribution in [0.1, 0.15) is 36.9 Å². The van der Waals surface area contributed by atoms with Crippen molar-refractivity contribution in [2.45, 2.75) is 31.1 Å². The summed E-state index contributed by atoms with van der Waals surface area (Å²) in [5, 5.41) is 0.612. The van der Waals surface area contributed by atoms with Gasteiger partial charge in [0.1, 0.15) is 21.2 Å². The predicted molar refractivity (Wildman–Crippen MR) is 121 cm³/mol. The smallest absolute Gasteiger partial charge is 0.227 e. The lowest BCUT2D eigenvalue weighted by molar-refractivity contribution is -0.117. The molecule has 1 aliphatic carbocycles. The van der Waals surface area contributed by atoms with Crippen LogP contribution in [0.3, 0.4) is 0 Å². The van der Waals surface area contributed by atoms with E-state index < -0.39 is 0 Å². The molecule has 154 valence electrons. The molecule has 31 heavy (non-hydrogen) atoms. The average molecular weight is 430 g/mol. The number of hydrogen-bond acceptors (Lipinski definition) is 4. The summed E-state index contributed by atoms with van der Waals surface area (Å²) in [5.74, 6) is -0.310. The van der Waals surface area contributed by atoms with E-state index >= 15 is 0 Å². The molecule has 1 amide bonds. The molecule has 3 heterocycles. The molecule has 0 unspecified atom stereocenters. The van der Waals surface area contributed by atoms with Gasteiger partial charge in [-0.3, -0.25) is 4.79 Å². The summed E-state index contributed by atoms with van der Waals surface area (Å²) in [5.41, 5.74) is 4.20. The fraction of sp³-hybridized carbons (Fsp3) is 0.240. The SMILES string of the molecule is O=C1CCCN1c1ccc(-c2nc3ccc(C4(c5ccccc5)CC4)nc3s2)c(F)c1. The van der Waals surface area contributed by atoms with Crippen LogP contribution in [-0.4, -0.2) is 22.4 Å². The first-order valence-electron chi connectivity index (χ1n) is 10.6. The van der Waals surface area contributed by atoms with Gasteiger partial charge in [0.15, 0.2) is 0 Å². The Hall–Kier alpha value is -3.12. The Labute approximate surface area is 183 Å². The van der Waals surface area contributed by atoms with E-state index in [1.165, 1.54) is 23.0 Å². The normalized spacial score (nSPS) is 17.5. The summed E-state index contributed by atoms with van der Waals surface area (Å²) in [6.45, 7) is 0.647. The Bertz CT molecular complexity index is 1310. The van der Waals surface area contributed by atoms with E-state index in [9.17, 15) is 9.18 Å². The van der Waals surface area contributed by atoms with Crippen molar-refractivity contribution >= 4 is 33.3 Å². The number of nitrogens with zero attached hydrogens (tertiary/aromatic N) is 3. The summed E-state index contributed by atoms with van der Waals surface area (Å²) >= 11 is 1.41. The standard InChI is InChI=1S/C25H20FN3OS/c26-19-15-17(29-14-4-7-22(29)30)8-9-18(19)23-27-20-10-11-21(28-24(20)31-23)25(12-13-25)16-5-2-1-3-6-16/h1-3,5-6,8-11,15H,4,7,12-14H2. The first-order valence-corrected chi connectivity index (χ1v) is 11.4. The van der Waals surface area contributed by atoms with Crippen molar-refractivity contribution in [3.05, 3.63) is 77.7 Å². The fourth-order valence-electron chi connectivity index (χ4n) is 4.54. The zero-order valence-corrected chi connectivity index (χ0v) is 17.7.